The van der Waals surface area contributed by atoms with Gasteiger partial charge in [-0.3, -0.25) is 9.88 Å². The van der Waals surface area contributed by atoms with Gasteiger partial charge in [-0.2, -0.15) is 0 Å². The van der Waals surface area contributed by atoms with Crippen LogP contribution in [0.15, 0.2) is 42.9 Å². The summed E-state index contributed by atoms with van der Waals surface area (Å²) in [5.74, 6) is 0.394. The van der Waals surface area contributed by atoms with Crippen LogP contribution in [0.4, 0.5) is 0 Å². The molecule has 0 aromatic carbocycles. The summed E-state index contributed by atoms with van der Waals surface area (Å²) in [6, 6.07) is 8.78. The van der Waals surface area contributed by atoms with E-state index in [4.69, 9.17) is 9.47 Å². The van der Waals surface area contributed by atoms with Crippen LogP contribution in [0.1, 0.15) is 18.5 Å². The van der Waals surface area contributed by atoms with Crippen LogP contribution in [0, 0.1) is 5.92 Å². The Morgan fingerprint density at radius 3 is 2.79 bits per heavy atom. The Labute approximate surface area is 141 Å². The van der Waals surface area contributed by atoms with Crippen LogP contribution in [0.5, 0.6) is 6.01 Å². The summed E-state index contributed by atoms with van der Waals surface area (Å²) >= 11 is 0. The quantitative estimate of drug-likeness (QED) is 0.837. The van der Waals surface area contributed by atoms with Crippen molar-refractivity contribution >= 4 is 0 Å². The standard InChI is InChI=1S/C18H22N4O2/c1-2-7-19-15(4-1)12-22-10-11-23-17-14(5-6-16(17)22)13-24-18-20-8-3-9-21-18/h1-4,7-9,14,16-17H,5-6,10-13H2/t14-,16-,17-/m1/s1. The molecule has 3 heterocycles. The number of morpholine rings is 1. The predicted octanol–water partition coefficient (Wildman–Crippen LogP) is 1.93. The monoisotopic (exact) mass is 326 g/mol. The van der Waals surface area contributed by atoms with Gasteiger partial charge in [0.25, 0.3) is 0 Å². The highest BCUT2D eigenvalue weighted by Gasteiger charge is 2.43. The summed E-state index contributed by atoms with van der Waals surface area (Å²) in [5, 5.41) is 0. The maximum absolute atomic E-state index is 6.09. The Hall–Kier alpha value is -2.05. The highest BCUT2D eigenvalue weighted by atomic mass is 16.5. The highest BCUT2D eigenvalue weighted by molar-refractivity contribution is 5.05. The van der Waals surface area contributed by atoms with Crippen molar-refractivity contribution in [3.05, 3.63) is 48.5 Å². The molecule has 0 N–H and O–H groups in total. The zero-order valence-electron chi connectivity index (χ0n) is 13.6. The molecule has 1 aliphatic carbocycles. The van der Waals surface area contributed by atoms with Crippen molar-refractivity contribution in [1.29, 1.82) is 0 Å². The van der Waals surface area contributed by atoms with E-state index in [1.165, 1.54) is 0 Å². The molecule has 1 saturated heterocycles. The van der Waals surface area contributed by atoms with Gasteiger partial charge in [-0.25, -0.2) is 9.97 Å². The molecule has 0 spiro atoms. The van der Waals surface area contributed by atoms with E-state index < -0.39 is 0 Å². The van der Waals surface area contributed by atoms with Crippen LogP contribution in [0.25, 0.3) is 0 Å². The van der Waals surface area contributed by atoms with E-state index in [1.54, 1.807) is 18.5 Å². The Morgan fingerprint density at radius 2 is 1.96 bits per heavy atom. The van der Waals surface area contributed by atoms with Gasteiger partial charge < -0.3 is 9.47 Å². The molecule has 0 radical (unpaired) electrons. The lowest BCUT2D eigenvalue weighted by Gasteiger charge is -2.39. The molecule has 2 aliphatic rings. The van der Waals surface area contributed by atoms with Crippen LogP contribution in [0.3, 0.4) is 0 Å². The fourth-order valence-electron chi connectivity index (χ4n) is 3.75. The van der Waals surface area contributed by atoms with Crippen LogP contribution in [-0.4, -0.2) is 51.8 Å². The number of rotatable bonds is 5. The van der Waals surface area contributed by atoms with Crippen molar-refractivity contribution in [3.8, 4) is 6.01 Å². The molecule has 1 saturated carbocycles. The van der Waals surface area contributed by atoms with Crippen molar-refractivity contribution in [2.24, 2.45) is 5.92 Å². The Balaban J connectivity index is 1.37. The number of fused-ring (bicyclic) bond motifs is 1. The molecule has 3 atom stereocenters. The van der Waals surface area contributed by atoms with Gasteiger partial charge in [-0.1, -0.05) is 6.07 Å². The summed E-state index contributed by atoms with van der Waals surface area (Å²) in [7, 11) is 0. The van der Waals surface area contributed by atoms with Crippen LogP contribution in [-0.2, 0) is 11.3 Å². The first kappa shape index (κ1) is 15.5. The lowest BCUT2D eigenvalue weighted by Crippen LogP contribution is -2.50. The van der Waals surface area contributed by atoms with E-state index in [-0.39, 0.29) is 6.10 Å². The van der Waals surface area contributed by atoms with Crippen LogP contribution in [0.2, 0.25) is 0 Å². The second-order valence-electron chi connectivity index (χ2n) is 6.37. The molecule has 2 fully saturated rings. The van der Waals surface area contributed by atoms with Crippen molar-refractivity contribution in [3.63, 3.8) is 0 Å². The number of nitrogens with zero attached hydrogens (tertiary/aromatic N) is 4. The van der Waals surface area contributed by atoms with Gasteiger partial charge in [0.15, 0.2) is 0 Å². The van der Waals surface area contributed by atoms with Gasteiger partial charge in [0.2, 0.25) is 0 Å². The van der Waals surface area contributed by atoms with Crippen molar-refractivity contribution in [2.45, 2.75) is 31.5 Å². The summed E-state index contributed by atoms with van der Waals surface area (Å²) in [4.78, 5) is 15.2. The first-order valence-corrected chi connectivity index (χ1v) is 8.55. The fraction of sp³-hybridized carbons (Fsp3) is 0.500. The van der Waals surface area contributed by atoms with Gasteiger partial charge in [-0.05, 0) is 31.0 Å². The summed E-state index contributed by atoms with van der Waals surface area (Å²) in [6.45, 7) is 3.24. The molecule has 4 rings (SSSR count). The second kappa shape index (κ2) is 7.23. The Bertz CT molecular complexity index is 640. The molecule has 0 bridgehead atoms. The van der Waals surface area contributed by atoms with Crippen molar-refractivity contribution in [2.75, 3.05) is 19.8 Å². The van der Waals surface area contributed by atoms with Crippen LogP contribution >= 0.6 is 0 Å². The van der Waals surface area contributed by atoms with Gasteiger partial charge in [0, 0.05) is 43.6 Å². The minimum atomic E-state index is 0.228. The first-order valence-electron chi connectivity index (χ1n) is 8.55. The molecule has 6 heteroatoms. The smallest absolute Gasteiger partial charge is 0.316 e. The highest BCUT2D eigenvalue weighted by Crippen LogP contribution is 2.35. The normalized spacial score (nSPS) is 26.9. The molecule has 6 nitrogen and oxygen atoms in total. The Morgan fingerprint density at radius 1 is 1.08 bits per heavy atom. The zero-order valence-corrected chi connectivity index (χ0v) is 13.6. The third-order valence-corrected chi connectivity index (χ3v) is 4.89. The molecule has 1 aliphatic heterocycles. The zero-order chi connectivity index (χ0) is 16.2. The lowest BCUT2D eigenvalue weighted by atomic mass is 10.0. The summed E-state index contributed by atoms with van der Waals surface area (Å²) in [6.07, 6.45) is 7.74. The van der Waals surface area contributed by atoms with E-state index in [0.717, 1.165) is 38.2 Å². The van der Waals surface area contributed by atoms with Gasteiger partial charge in [-0.15, -0.1) is 0 Å². The average Bonchev–Trinajstić information content (AvgIpc) is 3.06. The molecule has 2 aromatic rings. The largest absolute Gasteiger partial charge is 0.463 e. The van der Waals surface area contributed by atoms with Gasteiger partial charge in [0.05, 0.1) is 25.0 Å². The van der Waals surface area contributed by atoms with Gasteiger partial charge in [0.1, 0.15) is 0 Å². The first-order chi connectivity index (χ1) is 11.9. The molecule has 126 valence electrons. The molecule has 2 aromatic heterocycles. The molecular weight excluding hydrogens is 304 g/mol. The molecule has 0 unspecified atom stereocenters. The summed E-state index contributed by atoms with van der Waals surface area (Å²) < 4.78 is 11.8. The Kier molecular flexibility index (Phi) is 4.66. The topological polar surface area (TPSA) is 60.4 Å². The number of hydrogen-bond acceptors (Lipinski definition) is 6. The number of aromatic nitrogens is 3. The number of pyridine rings is 1. The van der Waals surface area contributed by atoms with E-state index in [0.29, 0.717) is 24.6 Å². The third-order valence-electron chi connectivity index (χ3n) is 4.89. The fourth-order valence-corrected chi connectivity index (χ4v) is 3.75. The van der Waals surface area contributed by atoms with Gasteiger partial charge >= 0.3 is 6.01 Å². The van der Waals surface area contributed by atoms with E-state index in [2.05, 4.69) is 25.9 Å². The van der Waals surface area contributed by atoms with E-state index in [1.807, 2.05) is 18.3 Å². The van der Waals surface area contributed by atoms with E-state index in [9.17, 15) is 0 Å². The average molecular weight is 326 g/mol. The SMILES string of the molecule is c1ccc(CN2CCO[C@@H]3[C@@H](COc4ncccn4)CC[C@H]32)nc1. The van der Waals surface area contributed by atoms with Crippen molar-refractivity contribution < 1.29 is 9.47 Å². The number of ether oxygens (including phenoxy) is 2. The second-order valence-corrected chi connectivity index (χ2v) is 6.37. The maximum atomic E-state index is 6.09. The lowest BCUT2D eigenvalue weighted by molar-refractivity contribution is -0.0822. The maximum Gasteiger partial charge on any atom is 0.316 e. The minimum absolute atomic E-state index is 0.228. The molecule has 0 amide bonds. The predicted molar refractivity (Wildman–Crippen MR) is 88.4 cm³/mol. The minimum Gasteiger partial charge on any atom is -0.463 e. The molecular formula is C18H22N4O2. The van der Waals surface area contributed by atoms with E-state index >= 15 is 0 Å². The third kappa shape index (κ3) is 3.39. The number of hydrogen-bond donors (Lipinski definition) is 0. The van der Waals surface area contributed by atoms with Crippen LogP contribution < -0.4 is 4.74 Å². The summed E-state index contributed by atoms with van der Waals surface area (Å²) in [5.41, 5.74) is 1.12. The van der Waals surface area contributed by atoms with Crippen molar-refractivity contribution in [1.82, 2.24) is 19.9 Å². The molecule has 24 heavy (non-hydrogen) atoms.